The van der Waals surface area contributed by atoms with E-state index in [0.717, 1.165) is 16.6 Å². The van der Waals surface area contributed by atoms with Gasteiger partial charge in [-0.05, 0) is 31.0 Å². The molecule has 0 saturated carbocycles. The van der Waals surface area contributed by atoms with Crippen molar-refractivity contribution in [1.82, 2.24) is 4.98 Å². The number of fused-ring (bicyclic) bond motifs is 1. The van der Waals surface area contributed by atoms with Crippen LogP contribution in [0.4, 0.5) is 0 Å². The molecular formula is C13H14N2O2. The fourth-order valence-electron chi connectivity index (χ4n) is 1.86. The molecule has 3 N–H and O–H groups in total. The van der Waals surface area contributed by atoms with E-state index < -0.39 is 5.97 Å². The Morgan fingerprint density at radius 2 is 2.12 bits per heavy atom. The minimum Gasteiger partial charge on any atom is -0.478 e. The minimum absolute atomic E-state index is 0.240. The van der Waals surface area contributed by atoms with Gasteiger partial charge in [0.25, 0.3) is 0 Å². The monoisotopic (exact) mass is 230 g/mol. The lowest BCUT2D eigenvalue weighted by molar-refractivity contribution is 0.0699. The zero-order valence-electron chi connectivity index (χ0n) is 9.82. The average molecular weight is 230 g/mol. The number of pyridine rings is 1. The van der Waals surface area contributed by atoms with Gasteiger partial charge in [0.05, 0.1) is 16.8 Å². The molecule has 4 heteroatoms. The Bertz CT molecular complexity index is 606. The first-order valence-electron chi connectivity index (χ1n) is 5.37. The van der Waals surface area contributed by atoms with E-state index in [0.29, 0.717) is 11.1 Å². The molecule has 0 atom stereocenters. The van der Waals surface area contributed by atoms with E-state index in [9.17, 15) is 9.90 Å². The van der Waals surface area contributed by atoms with Gasteiger partial charge in [-0.3, -0.25) is 4.98 Å². The van der Waals surface area contributed by atoms with Gasteiger partial charge in [-0.25, -0.2) is 4.79 Å². The predicted molar refractivity (Wildman–Crippen MR) is 66.1 cm³/mol. The standard InChI is InChI=1S/C13H14N2O2/c1-7-3-4-10-11(13(16)17)5-9(6-14)15-12(10)8(7)2/h3-5H,6,14H2,1-2H3,(H,16,17). The van der Waals surface area contributed by atoms with Crippen molar-refractivity contribution in [3.8, 4) is 0 Å². The van der Waals surface area contributed by atoms with E-state index in [4.69, 9.17) is 5.73 Å². The van der Waals surface area contributed by atoms with Crippen LogP contribution < -0.4 is 5.73 Å². The summed E-state index contributed by atoms with van der Waals surface area (Å²) < 4.78 is 0. The summed E-state index contributed by atoms with van der Waals surface area (Å²) >= 11 is 0. The van der Waals surface area contributed by atoms with E-state index >= 15 is 0 Å². The Hall–Kier alpha value is -1.94. The van der Waals surface area contributed by atoms with E-state index in [1.54, 1.807) is 12.1 Å². The summed E-state index contributed by atoms with van der Waals surface area (Å²) in [6.45, 7) is 4.16. The van der Waals surface area contributed by atoms with Crippen LogP contribution in [0.15, 0.2) is 18.2 Å². The molecule has 0 unspecified atom stereocenters. The maximum Gasteiger partial charge on any atom is 0.336 e. The molecule has 2 rings (SSSR count). The SMILES string of the molecule is Cc1ccc2c(C(=O)O)cc(CN)nc2c1C. The second kappa shape index (κ2) is 4.14. The number of hydrogen-bond donors (Lipinski definition) is 2. The molecule has 1 heterocycles. The Kier molecular flexibility index (Phi) is 2.81. The number of nitrogens with two attached hydrogens (primary N) is 1. The Morgan fingerprint density at radius 3 is 2.71 bits per heavy atom. The van der Waals surface area contributed by atoms with Gasteiger partial charge in [-0.2, -0.15) is 0 Å². The summed E-state index contributed by atoms with van der Waals surface area (Å²) in [7, 11) is 0. The van der Waals surface area contributed by atoms with Crippen LogP contribution in [0.2, 0.25) is 0 Å². The molecule has 0 aliphatic rings. The molecule has 1 aromatic heterocycles. The highest BCUT2D eigenvalue weighted by atomic mass is 16.4. The van der Waals surface area contributed by atoms with Crippen molar-refractivity contribution in [1.29, 1.82) is 0 Å². The fraction of sp³-hybridized carbons (Fsp3) is 0.231. The van der Waals surface area contributed by atoms with Crippen molar-refractivity contribution in [3.63, 3.8) is 0 Å². The molecule has 0 radical (unpaired) electrons. The van der Waals surface area contributed by atoms with Crippen LogP contribution in [0.25, 0.3) is 10.9 Å². The van der Waals surface area contributed by atoms with Gasteiger partial charge in [0.15, 0.2) is 0 Å². The van der Waals surface area contributed by atoms with Crippen molar-refractivity contribution in [2.24, 2.45) is 5.73 Å². The Labute approximate surface area is 99.1 Å². The topological polar surface area (TPSA) is 76.2 Å². The summed E-state index contributed by atoms with van der Waals surface area (Å²) in [5.41, 5.74) is 9.23. The molecule has 0 fully saturated rings. The van der Waals surface area contributed by atoms with Gasteiger partial charge in [0.2, 0.25) is 0 Å². The van der Waals surface area contributed by atoms with Crippen molar-refractivity contribution < 1.29 is 9.90 Å². The summed E-state index contributed by atoms with van der Waals surface area (Å²) in [6.07, 6.45) is 0. The number of hydrogen-bond acceptors (Lipinski definition) is 3. The number of benzene rings is 1. The van der Waals surface area contributed by atoms with Gasteiger partial charge in [0, 0.05) is 11.9 Å². The van der Waals surface area contributed by atoms with Crippen molar-refractivity contribution >= 4 is 16.9 Å². The number of nitrogens with zero attached hydrogens (tertiary/aromatic N) is 1. The molecule has 0 aliphatic carbocycles. The van der Waals surface area contributed by atoms with E-state index in [-0.39, 0.29) is 12.1 Å². The molecule has 1 aromatic carbocycles. The van der Waals surface area contributed by atoms with Gasteiger partial charge in [-0.15, -0.1) is 0 Å². The summed E-state index contributed by atoms with van der Waals surface area (Å²) in [5, 5.41) is 9.86. The lowest BCUT2D eigenvalue weighted by atomic mass is 10.0. The molecule has 4 nitrogen and oxygen atoms in total. The smallest absolute Gasteiger partial charge is 0.336 e. The Morgan fingerprint density at radius 1 is 1.41 bits per heavy atom. The van der Waals surface area contributed by atoms with Crippen LogP contribution in [0.3, 0.4) is 0 Å². The van der Waals surface area contributed by atoms with Crippen LogP contribution in [0.5, 0.6) is 0 Å². The predicted octanol–water partition coefficient (Wildman–Crippen LogP) is 2.01. The van der Waals surface area contributed by atoms with Crippen LogP contribution >= 0.6 is 0 Å². The second-order valence-corrected chi connectivity index (χ2v) is 4.07. The number of carboxylic acids is 1. The first-order chi connectivity index (χ1) is 8.04. The third kappa shape index (κ3) is 1.87. The van der Waals surface area contributed by atoms with Gasteiger partial charge >= 0.3 is 5.97 Å². The van der Waals surface area contributed by atoms with Crippen molar-refractivity contribution in [2.45, 2.75) is 20.4 Å². The normalized spacial score (nSPS) is 10.8. The van der Waals surface area contributed by atoms with Crippen molar-refractivity contribution in [2.75, 3.05) is 0 Å². The van der Waals surface area contributed by atoms with Gasteiger partial charge < -0.3 is 10.8 Å². The summed E-state index contributed by atoms with van der Waals surface area (Å²) in [5.74, 6) is -0.949. The highest BCUT2D eigenvalue weighted by Crippen LogP contribution is 2.23. The number of aromatic carboxylic acids is 1. The van der Waals surface area contributed by atoms with Crippen molar-refractivity contribution in [3.05, 3.63) is 40.6 Å². The number of carbonyl (C=O) groups is 1. The van der Waals surface area contributed by atoms with Crippen LogP contribution in [-0.2, 0) is 6.54 Å². The molecule has 88 valence electrons. The van der Waals surface area contributed by atoms with E-state index in [1.807, 2.05) is 19.9 Å². The third-order valence-electron chi connectivity index (χ3n) is 3.00. The molecule has 0 aliphatic heterocycles. The first-order valence-corrected chi connectivity index (χ1v) is 5.37. The number of rotatable bonds is 2. The highest BCUT2D eigenvalue weighted by Gasteiger charge is 2.13. The molecule has 0 spiro atoms. The van der Waals surface area contributed by atoms with Gasteiger partial charge in [-0.1, -0.05) is 12.1 Å². The van der Waals surface area contributed by atoms with E-state index in [1.165, 1.54) is 0 Å². The lowest BCUT2D eigenvalue weighted by Gasteiger charge is -2.09. The largest absolute Gasteiger partial charge is 0.478 e. The number of aromatic nitrogens is 1. The molecule has 0 bridgehead atoms. The average Bonchev–Trinajstić information content (AvgIpc) is 2.32. The molecule has 2 aromatic rings. The lowest BCUT2D eigenvalue weighted by Crippen LogP contribution is -2.06. The maximum absolute atomic E-state index is 11.2. The summed E-state index contributed by atoms with van der Waals surface area (Å²) in [6, 6.07) is 5.25. The quantitative estimate of drug-likeness (QED) is 0.827. The van der Waals surface area contributed by atoms with Crippen LogP contribution in [-0.4, -0.2) is 16.1 Å². The van der Waals surface area contributed by atoms with Crippen LogP contribution in [0, 0.1) is 13.8 Å². The molecular weight excluding hydrogens is 216 g/mol. The third-order valence-corrected chi connectivity index (χ3v) is 3.00. The second-order valence-electron chi connectivity index (χ2n) is 4.07. The highest BCUT2D eigenvalue weighted by molar-refractivity contribution is 6.03. The number of aryl methyl sites for hydroxylation is 2. The minimum atomic E-state index is -0.949. The maximum atomic E-state index is 11.2. The van der Waals surface area contributed by atoms with Crippen LogP contribution in [0.1, 0.15) is 27.2 Å². The molecule has 17 heavy (non-hydrogen) atoms. The van der Waals surface area contributed by atoms with Gasteiger partial charge in [0.1, 0.15) is 0 Å². The fourth-order valence-corrected chi connectivity index (χ4v) is 1.86. The molecule has 0 amide bonds. The zero-order chi connectivity index (χ0) is 12.6. The Balaban J connectivity index is 2.90. The zero-order valence-corrected chi connectivity index (χ0v) is 9.82. The first kappa shape index (κ1) is 11.5. The molecule has 0 saturated heterocycles. The van der Waals surface area contributed by atoms with E-state index in [2.05, 4.69) is 4.98 Å². The summed E-state index contributed by atoms with van der Waals surface area (Å²) in [4.78, 5) is 15.6. The number of carboxylic acid groups (broad SMARTS) is 1.